The Hall–Kier alpha value is -3.42. The molecule has 0 radical (unpaired) electrons. The van der Waals surface area contributed by atoms with Crippen LogP contribution in [0.1, 0.15) is 41.9 Å². The zero-order valence-corrected chi connectivity index (χ0v) is 17.4. The lowest BCUT2D eigenvalue weighted by molar-refractivity contribution is -0.147. The Morgan fingerprint density at radius 3 is 2.42 bits per heavy atom. The largest absolute Gasteiger partial charge is 0.508 e. The molecule has 164 valence electrons. The molecule has 31 heavy (non-hydrogen) atoms. The monoisotopic (exact) mass is 431 g/mol. The van der Waals surface area contributed by atoms with E-state index in [1.807, 2.05) is 6.92 Å². The Morgan fingerprint density at radius 2 is 1.81 bits per heavy atom. The van der Waals surface area contributed by atoms with Crippen molar-refractivity contribution in [3.05, 3.63) is 59.3 Å². The van der Waals surface area contributed by atoms with Crippen molar-refractivity contribution in [3.63, 3.8) is 0 Å². The molecule has 8 heteroatoms. The lowest BCUT2D eigenvalue weighted by Crippen LogP contribution is -2.17. The first-order valence-electron chi connectivity index (χ1n) is 9.83. The molecule has 1 aromatic heterocycles. The molecule has 0 saturated heterocycles. The van der Waals surface area contributed by atoms with E-state index >= 15 is 0 Å². The molecular formula is C23H23F2NO5. The molecule has 3 aromatic rings. The highest BCUT2D eigenvalue weighted by Gasteiger charge is 2.23. The minimum absolute atomic E-state index is 0.00198. The van der Waals surface area contributed by atoms with Crippen molar-refractivity contribution in [2.45, 2.75) is 46.3 Å². The number of hydrogen-bond donors (Lipinski definition) is 1. The highest BCUT2D eigenvalue weighted by molar-refractivity contribution is 6.05. The number of fused-ring (bicyclic) bond motifs is 1. The Labute approximate surface area is 178 Å². The van der Waals surface area contributed by atoms with Gasteiger partial charge in [0, 0.05) is 16.6 Å². The van der Waals surface area contributed by atoms with Crippen molar-refractivity contribution >= 4 is 22.8 Å². The van der Waals surface area contributed by atoms with Crippen LogP contribution < -0.4 is 4.74 Å². The predicted octanol–water partition coefficient (Wildman–Crippen LogP) is 4.83. The van der Waals surface area contributed by atoms with Crippen LogP contribution in [-0.2, 0) is 16.0 Å². The number of rotatable bonds is 7. The maximum absolute atomic E-state index is 13.2. The maximum Gasteiger partial charge on any atom is 0.387 e. The molecule has 0 aliphatic heterocycles. The molecule has 1 heterocycles. The summed E-state index contributed by atoms with van der Waals surface area (Å²) in [5.41, 5.74) is 1.87. The van der Waals surface area contributed by atoms with Gasteiger partial charge in [-0.2, -0.15) is 8.78 Å². The smallest absolute Gasteiger partial charge is 0.387 e. The van der Waals surface area contributed by atoms with Gasteiger partial charge in [-0.25, -0.2) is 0 Å². The Morgan fingerprint density at radius 1 is 1.13 bits per heavy atom. The van der Waals surface area contributed by atoms with Crippen molar-refractivity contribution in [3.8, 4) is 11.5 Å². The van der Waals surface area contributed by atoms with Gasteiger partial charge >= 0.3 is 12.6 Å². The normalized spacial score (nSPS) is 12.2. The molecule has 1 unspecified atom stereocenters. The van der Waals surface area contributed by atoms with Crippen LogP contribution in [0.5, 0.6) is 11.5 Å². The third kappa shape index (κ3) is 4.84. The summed E-state index contributed by atoms with van der Waals surface area (Å²) in [6, 6.07) is 9.90. The van der Waals surface area contributed by atoms with E-state index < -0.39 is 18.5 Å². The van der Waals surface area contributed by atoms with Gasteiger partial charge in [-0.1, -0.05) is 6.92 Å². The molecule has 0 aliphatic rings. The summed E-state index contributed by atoms with van der Waals surface area (Å²) in [7, 11) is 0. The Bertz CT molecular complexity index is 1110. The van der Waals surface area contributed by atoms with Crippen LogP contribution in [0.25, 0.3) is 10.9 Å². The fourth-order valence-corrected chi connectivity index (χ4v) is 3.36. The van der Waals surface area contributed by atoms with E-state index in [1.54, 1.807) is 19.9 Å². The second kappa shape index (κ2) is 9.16. The molecule has 1 N–H and O–H groups in total. The summed E-state index contributed by atoms with van der Waals surface area (Å²) in [5, 5.41) is 10.5. The second-order valence-corrected chi connectivity index (χ2v) is 7.19. The Balaban J connectivity index is 2.01. The number of phenols is 1. The zero-order chi connectivity index (χ0) is 22.7. The minimum atomic E-state index is -2.96. The second-order valence-electron chi connectivity index (χ2n) is 7.19. The number of carbonyl (C=O) groups excluding carboxylic acids is 2. The summed E-state index contributed by atoms with van der Waals surface area (Å²) in [6.45, 7) is 2.45. The van der Waals surface area contributed by atoms with Crippen LogP contribution in [0.2, 0.25) is 0 Å². The molecule has 0 bridgehead atoms. The highest BCUT2D eigenvalue weighted by atomic mass is 19.3. The zero-order valence-electron chi connectivity index (χ0n) is 17.4. The molecular weight excluding hydrogens is 408 g/mol. The van der Waals surface area contributed by atoms with Crippen molar-refractivity contribution in [2.75, 3.05) is 0 Å². The average Bonchev–Trinajstić information content (AvgIpc) is 2.98. The van der Waals surface area contributed by atoms with Crippen LogP contribution in [-0.4, -0.2) is 34.3 Å². The van der Waals surface area contributed by atoms with Crippen LogP contribution >= 0.6 is 0 Å². The van der Waals surface area contributed by atoms with E-state index in [1.165, 1.54) is 41.0 Å². The van der Waals surface area contributed by atoms with E-state index in [0.29, 0.717) is 28.6 Å². The van der Waals surface area contributed by atoms with Gasteiger partial charge < -0.3 is 14.6 Å². The maximum atomic E-state index is 13.2. The number of carbonyl (C=O) groups is 2. The summed E-state index contributed by atoms with van der Waals surface area (Å²) < 4.78 is 35.8. The first-order valence-corrected chi connectivity index (χ1v) is 9.83. The molecule has 0 fully saturated rings. The number of nitrogens with zero attached hydrogens (tertiary/aromatic N) is 1. The van der Waals surface area contributed by atoms with E-state index in [4.69, 9.17) is 4.74 Å². The summed E-state index contributed by atoms with van der Waals surface area (Å²) in [6.07, 6.45) is 0.388. The van der Waals surface area contributed by atoms with E-state index in [-0.39, 0.29) is 29.6 Å². The molecule has 0 amide bonds. The summed E-state index contributed by atoms with van der Waals surface area (Å²) in [5.74, 6) is -0.889. The number of aromatic hydroxyl groups is 1. The van der Waals surface area contributed by atoms with Crippen LogP contribution in [0.15, 0.2) is 42.5 Å². The number of halogens is 2. The quantitative estimate of drug-likeness (QED) is 0.542. The van der Waals surface area contributed by atoms with Gasteiger partial charge in [-0.05, 0) is 68.3 Å². The van der Waals surface area contributed by atoms with Gasteiger partial charge in [0.15, 0.2) is 0 Å². The standard InChI is InChI=1S/C23H23F2NO5/c1-4-13(2)30-21(28)12-18-14(3)26(20-10-7-16(27)11-19(18)20)22(29)15-5-8-17(9-6-15)31-23(24)25/h5-11,13,23,27H,4,12H2,1-3H3. The van der Waals surface area contributed by atoms with Crippen molar-refractivity contribution in [2.24, 2.45) is 0 Å². The van der Waals surface area contributed by atoms with E-state index in [0.717, 1.165) is 0 Å². The molecule has 3 rings (SSSR count). The Kier molecular flexibility index (Phi) is 6.58. The third-order valence-electron chi connectivity index (χ3n) is 5.08. The van der Waals surface area contributed by atoms with Gasteiger partial charge in [-0.3, -0.25) is 14.2 Å². The van der Waals surface area contributed by atoms with Gasteiger partial charge in [0.2, 0.25) is 0 Å². The van der Waals surface area contributed by atoms with E-state index in [9.17, 15) is 23.5 Å². The molecule has 2 aromatic carbocycles. The molecule has 0 saturated carbocycles. The number of hydrogen-bond acceptors (Lipinski definition) is 5. The van der Waals surface area contributed by atoms with Crippen LogP contribution in [0.4, 0.5) is 8.78 Å². The fourth-order valence-electron chi connectivity index (χ4n) is 3.36. The third-order valence-corrected chi connectivity index (χ3v) is 5.08. The average molecular weight is 431 g/mol. The minimum Gasteiger partial charge on any atom is -0.508 e. The predicted molar refractivity (Wildman–Crippen MR) is 111 cm³/mol. The first-order chi connectivity index (χ1) is 14.7. The van der Waals surface area contributed by atoms with E-state index in [2.05, 4.69) is 4.74 Å². The van der Waals surface area contributed by atoms with Gasteiger partial charge in [0.25, 0.3) is 5.91 Å². The van der Waals surface area contributed by atoms with Crippen molar-refractivity contribution in [1.29, 1.82) is 0 Å². The van der Waals surface area contributed by atoms with Crippen molar-refractivity contribution < 1.29 is 33.0 Å². The first kappa shape index (κ1) is 22.3. The van der Waals surface area contributed by atoms with Gasteiger partial charge in [0.1, 0.15) is 11.5 Å². The molecule has 0 aliphatic carbocycles. The van der Waals surface area contributed by atoms with Gasteiger partial charge in [0.05, 0.1) is 18.0 Å². The number of aromatic nitrogens is 1. The topological polar surface area (TPSA) is 77.8 Å². The molecule has 6 nitrogen and oxygen atoms in total. The van der Waals surface area contributed by atoms with Crippen LogP contribution in [0, 0.1) is 6.92 Å². The number of benzene rings is 2. The molecule has 0 spiro atoms. The number of esters is 1. The summed E-state index contributed by atoms with van der Waals surface area (Å²) in [4.78, 5) is 25.6. The van der Waals surface area contributed by atoms with Gasteiger partial charge in [-0.15, -0.1) is 0 Å². The number of alkyl halides is 2. The van der Waals surface area contributed by atoms with Crippen molar-refractivity contribution in [1.82, 2.24) is 4.57 Å². The lowest BCUT2D eigenvalue weighted by Gasteiger charge is -2.11. The molecule has 1 atom stereocenters. The fraction of sp³-hybridized carbons (Fsp3) is 0.304. The summed E-state index contributed by atoms with van der Waals surface area (Å²) >= 11 is 0. The number of ether oxygens (including phenoxy) is 2. The lowest BCUT2D eigenvalue weighted by atomic mass is 10.1. The highest BCUT2D eigenvalue weighted by Crippen LogP contribution is 2.31. The van der Waals surface area contributed by atoms with Crippen LogP contribution in [0.3, 0.4) is 0 Å². The SMILES string of the molecule is CCC(C)OC(=O)Cc1c(C)n(C(=O)c2ccc(OC(F)F)cc2)c2ccc(O)cc12. The number of phenolic OH excluding ortho intramolecular Hbond substituents is 1.